The van der Waals surface area contributed by atoms with Crippen LogP contribution in [-0.4, -0.2) is 36.0 Å². The Hall–Kier alpha value is -2.07. The number of likely N-dealkylation sites (N-methyl/N-ethyl adjacent to an activating group) is 1. The van der Waals surface area contributed by atoms with E-state index in [4.69, 9.17) is 16.3 Å². The molecule has 22 heavy (non-hydrogen) atoms. The summed E-state index contributed by atoms with van der Waals surface area (Å²) in [5, 5.41) is 0.373. The lowest BCUT2D eigenvalue weighted by Gasteiger charge is -2.17. The van der Waals surface area contributed by atoms with E-state index in [9.17, 15) is 4.79 Å². The Bertz CT molecular complexity index is 636. The van der Waals surface area contributed by atoms with E-state index in [2.05, 4.69) is 11.1 Å². The van der Waals surface area contributed by atoms with Gasteiger partial charge in [-0.3, -0.25) is 4.79 Å². The molecule has 116 valence electrons. The summed E-state index contributed by atoms with van der Waals surface area (Å²) < 4.78 is 5.71. The molecule has 0 aliphatic heterocycles. The number of carbonyl (C=O) groups is 1. The fourth-order valence-corrected chi connectivity index (χ4v) is 2.25. The zero-order valence-electron chi connectivity index (χ0n) is 13.0. The van der Waals surface area contributed by atoms with Crippen molar-refractivity contribution >= 4 is 17.5 Å². The summed E-state index contributed by atoms with van der Waals surface area (Å²) in [6, 6.07) is 9.33. The second-order valence-corrected chi connectivity index (χ2v) is 5.66. The van der Waals surface area contributed by atoms with Crippen molar-refractivity contribution in [1.82, 2.24) is 9.88 Å². The third-order valence-electron chi connectivity index (χ3n) is 3.21. The van der Waals surface area contributed by atoms with Gasteiger partial charge in [-0.05, 0) is 49.2 Å². The van der Waals surface area contributed by atoms with E-state index < -0.39 is 0 Å². The number of hydrogen-bond donors (Lipinski definition) is 0. The van der Waals surface area contributed by atoms with Crippen LogP contribution < -0.4 is 4.74 Å². The smallest absolute Gasteiger partial charge is 0.255 e. The number of halogens is 1. The van der Waals surface area contributed by atoms with Gasteiger partial charge in [0.1, 0.15) is 17.5 Å². The normalized spacial score (nSPS) is 10.4. The molecule has 1 amide bonds. The molecule has 0 bridgehead atoms. The average Bonchev–Trinajstić information content (AvgIpc) is 2.46. The number of amides is 1. The summed E-state index contributed by atoms with van der Waals surface area (Å²) in [4.78, 5) is 17.7. The summed E-state index contributed by atoms with van der Waals surface area (Å²) in [7, 11) is 1.74. The first-order valence-corrected chi connectivity index (χ1v) is 7.41. The maximum atomic E-state index is 12.2. The van der Waals surface area contributed by atoms with Crippen LogP contribution in [0.4, 0.5) is 0 Å². The molecule has 0 unspecified atom stereocenters. The molecule has 0 atom stereocenters. The van der Waals surface area contributed by atoms with E-state index in [0.717, 1.165) is 16.9 Å². The molecule has 1 aromatic heterocycles. The van der Waals surface area contributed by atoms with Crippen molar-refractivity contribution in [1.29, 1.82) is 0 Å². The maximum absolute atomic E-state index is 12.2. The number of aromatic nitrogens is 1. The molecule has 0 aliphatic rings. The SMILES string of the molecule is Cc1cc(C)cc(OCCN(C)C(=O)c2ccc(Cl)nc2)c1. The summed E-state index contributed by atoms with van der Waals surface area (Å²) in [6.45, 7) is 4.99. The number of pyridine rings is 1. The summed E-state index contributed by atoms with van der Waals surface area (Å²) in [6.07, 6.45) is 1.48. The lowest BCUT2D eigenvalue weighted by atomic mass is 10.1. The van der Waals surface area contributed by atoms with Crippen LogP contribution in [-0.2, 0) is 0 Å². The van der Waals surface area contributed by atoms with Crippen LogP contribution >= 0.6 is 11.6 Å². The Morgan fingerprint density at radius 2 is 1.91 bits per heavy atom. The van der Waals surface area contributed by atoms with Gasteiger partial charge in [0.2, 0.25) is 0 Å². The fourth-order valence-electron chi connectivity index (χ4n) is 2.14. The quantitative estimate of drug-likeness (QED) is 0.792. The molecule has 0 aliphatic carbocycles. The molecule has 0 saturated heterocycles. The van der Waals surface area contributed by atoms with Gasteiger partial charge in [-0.1, -0.05) is 17.7 Å². The van der Waals surface area contributed by atoms with Gasteiger partial charge in [0.25, 0.3) is 5.91 Å². The molecule has 1 aromatic carbocycles. The summed E-state index contributed by atoms with van der Waals surface area (Å²) >= 11 is 5.72. The summed E-state index contributed by atoms with van der Waals surface area (Å²) in [5.41, 5.74) is 2.83. The lowest BCUT2D eigenvalue weighted by molar-refractivity contribution is 0.0773. The first-order chi connectivity index (χ1) is 10.5. The van der Waals surface area contributed by atoms with Gasteiger partial charge in [-0.25, -0.2) is 4.98 Å². The highest BCUT2D eigenvalue weighted by atomic mass is 35.5. The predicted octanol–water partition coefficient (Wildman–Crippen LogP) is 3.50. The number of hydrogen-bond acceptors (Lipinski definition) is 3. The number of ether oxygens (including phenoxy) is 1. The van der Waals surface area contributed by atoms with E-state index >= 15 is 0 Å². The van der Waals surface area contributed by atoms with Crippen LogP contribution in [0, 0.1) is 13.8 Å². The highest BCUT2D eigenvalue weighted by molar-refractivity contribution is 6.29. The molecule has 1 heterocycles. The van der Waals surface area contributed by atoms with Crippen LogP contribution in [0.5, 0.6) is 5.75 Å². The average molecular weight is 319 g/mol. The van der Waals surface area contributed by atoms with E-state index in [-0.39, 0.29) is 5.91 Å². The Kier molecular flexibility index (Phi) is 5.39. The molecule has 0 fully saturated rings. The Labute approximate surface area is 135 Å². The van der Waals surface area contributed by atoms with Crippen molar-refractivity contribution in [3.63, 3.8) is 0 Å². The molecule has 2 rings (SSSR count). The maximum Gasteiger partial charge on any atom is 0.255 e. The van der Waals surface area contributed by atoms with Crippen LogP contribution in [0.1, 0.15) is 21.5 Å². The minimum atomic E-state index is -0.104. The van der Waals surface area contributed by atoms with Gasteiger partial charge in [0.05, 0.1) is 12.1 Å². The molecular weight excluding hydrogens is 300 g/mol. The molecule has 5 heteroatoms. The first-order valence-electron chi connectivity index (χ1n) is 7.04. The van der Waals surface area contributed by atoms with E-state index in [1.54, 1.807) is 24.1 Å². The predicted molar refractivity (Wildman–Crippen MR) is 87.6 cm³/mol. The zero-order chi connectivity index (χ0) is 16.1. The lowest BCUT2D eigenvalue weighted by Crippen LogP contribution is -2.30. The van der Waals surface area contributed by atoms with Gasteiger partial charge in [-0.15, -0.1) is 0 Å². The molecule has 2 aromatic rings. The van der Waals surface area contributed by atoms with E-state index in [1.165, 1.54) is 6.20 Å². The molecule has 0 radical (unpaired) electrons. The second kappa shape index (κ2) is 7.27. The molecule has 0 spiro atoms. The van der Waals surface area contributed by atoms with Crippen LogP contribution in [0.3, 0.4) is 0 Å². The Balaban J connectivity index is 1.88. The summed E-state index contributed by atoms with van der Waals surface area (Å²) in [5.74, 6) is 0.722. The minimum Gasteiger partial charge on any atom is -0.492 e. The van der Waals surface area contributed by atoms with Crippen molar-refractivity contribution in [2.45, 2.75) is 13.8 Å². The van der Waals surface area contributed by atoms with E-state index in [0.29, 0.717) is 23.9 Å². The van der Waals surface area contributed by atoms with Crippen molar-refractivity contribution in [2.24, 2.45) is 0 Å². The van der Waals surface area contributed by atoms with Crippen molar-refractivity contribution < 1.29 is 9.53 Å². The van der Waals surface area contributed by atoms with Crippen LogP contribution in [0.25, 0.3) is 0 Å². The number of nitrogens with zero attached hydrogens (tertiary/aromatic N) is 2. The topological polar surface area (TPSA) is 42.4 Å². The Morgan fingerprint density at radius 3 is 2.50 bits per heavy atom. The number of aryl methyl sites for hydroxylation is 2. The number of carbonyl (C=O) groups excluding carboxylic acids is 1. The first kappa shape index (κ1) is 16.3. The van der Waals surface area contributed by atoms with Gasteiger partial charge in [-0.2, -0.15) is 0 Å². The minimum absolute atomic E-state index is 0.104. The molecule has 4 nitrogen and oxygen atoms in total. The van der Waals surface area contributed by atoms with Gasteiger partial charge < -0.3 is 9.64 Å². The standard InChI is InChI=1S/C17H19ClN2O2/c1-12-8-13(2)10-15(9-12)22-7-6-20(3)17(21)14-4-5-16(18)19-11-14/h4-5,8-11H,6-7H2,1-3H3. The third-order valence-corrected chi connectivity index (χ3v) is 3.44. The van der Waals surface area contributed by atoms with E-state index in [1.807, 2.05) is 26.0 Å². The highest BCUT2D eigenvalue weighted by Gasteiger charge is 2.12. The molecule has 0 N–H and O–H groups in total. The number of benzene rings is 1. The number of rotatable bonds is 5. The van der Waals surface area contributed by atoms with Crippen molar-refractivity contribution in [3.8, 4) is 5.75 Å². The largest absolute Gasteiger partial charge is 0.492 e. The van der Waals surface area contributed by atoms with Gasteiger partial charge in [0.15, 0.2) is 0 Å². The van der Waals surface area contributed by atoms with Gasteiger partial charge >= 0.3 is 0 Å². The molecule has 0 saturated carbocycles. The van der Waals surface area contributed by atoms with Crippen molar-refractivity contribution in [2.75, 3.05) is 20.2 Å². The highest BCUT2D eigenvalue weighted by Crippen LogP contribution is 2.16. The van der Waals surface area contributed by atoms with Crippen LogP contribution in [0.15, 0.2) is 36.5 Å². The third kappa shape index (κ3) is 4.46. The second-order valence-electron chi connectivity index (χ2n) is 5.27. The monoisotopic (exact) mass is 318 g/mol. The van der Waals surface area contributed by atoms with Gasteiger partial charge in [0, 0.05) is 13.2 Å². The van der Waals surface area contributed by atoms with Crippen molar-refractivity contribution in [3.05, 3.63) is 58.4 Å². The Morgan fingerprint density at radius 1 is 1.23 bits per heavy atom. The zero-order valence-corrected chi connectivity index (χ0v) is 13.7. The molecular formula is C17H19ClN2O2. The van der Waals surface area contributed by atoms with Crippen LogP contribution in [0.2, 0.25) is 5.15 Å². The fraction of sp³-hybridized carbons (Fsp3) is 0.294.